The van der Waals surface area contributed by atoms with Crippen LogP contribution in [0.5, 0.6) is 11.5 Å². The van der Waals surface area contributed by atoms with Crippen LogP contribution >= 0.6 is 0 Å². The maximum atomic E-state index is 12.9. The fraction of sp³-hybridized carbons (Fsp3) is 0.448. The van der Waals surface area contributed by atoms with Gasteiger partial charge in [0.1, 0.15) is 13.2 Å². The van der Waals surface area contributed by atoms with Gasteiger partial charge in [0.05, 0.1) is 5.52 Å². The van der Waals surface area contributed by atoms with Crippen LogP contribution in [-0.4, -0.2) is 35.8 Å². The summed E-state index contributed by atoms with van der Waals surface area (Å²) >= 11 is 0. The zero-order chi connectivity index (χ0) is 25.1. The average Bonchev–Trinajstić information content (AvgIpc) is 2.88. The Morgan fingerprint density at radius 3 is 2.58 bits per heavy atom. The van der Waals surface area contributed by atoms with Crippen molar-refractivity contribution < 1.29 is 14.3 Å². The Kier molecular flexibility index (Phi) is 7.01. The smallest absolute Gasteiger partial charge is 0.251 e. The van der Waals surface area contributed by atoms with Crippen LogP contribution in [0, 0.1) is 13.8 Å². The van der Waals surface area contributed by atoms with E-state index in [0.29, 0.717) is 25.8 Å². The van der Waals surface area contributed by atoms with Gasteiger partial charge < -0.3 is 24.7 Å². The number of hydrogen-bond donors (Lipinski definition) is 2. The van der Waals surface area contributed by atoms with Gasteiger partial charge in [0, 0.05) is 36.1 Å². The first-order valence-electron chi connectivity index (χ1n) is 12.9. The molecule has 7 heteroatoms. The standard InChI is InChI=1S/C29H35N3O4/c1-20-3-5-24-21(2)16-28(34)32(25(24)15-20)12-11-29(31-19-33)9-7-23(8-10-29)30-18-22-4-6-26-27(17-22)36-14-13-35-26/h3-6,15-17,19,23,30H,7-14,18H2,1-2H3,(H,31,33). The molecule has 7 nitrogen and oxygen atoms in total. The highest BCUT2D eigenvalue weighted by atomic mass is 16.6. The van der Waals surface area contributed by atoms with E-state index in [1.807, 2.05) is 30.5 Å². The average molecular weight is 490 g/mol. The maximum Gasteiger partial charge on any atom is 0.251 e. The van der Waals surface area contributed by atoms with Gasteiger partial charge in [0.2, 0.25) is 6.41 Å². The number of pyridine rings is 1. The number of carbonyl (C=O) groups excluding carboxylic acids is 1. The first kappa shape index (κ1) is 24.4. The Morgan fingerprint density at radius 2 is 1.81 bits per heavy atom. The molecule has 1 aliphatic carbocycles. The lowest BCUT2D eigenvalue weighted by Gasteiger charge is -2.40. The Balaban J connectivity index is 1.23. The zero-order valence-corrected chi connectivity index (χ0v) is 21.1. The Hall–Kier alpha value is -3.32. The van der Waals surface area contributed by atoms with E-state index >= 15 is 0 Å². The van der Waals surface area contributed by atoms with Gasteiger partial charge in [-0.3, -0.25) is 9.59 Å². The van der Waals surface area contributed by atoms with E-state index in [4.69, 9.17) is 9.47 Å². The highest BCUT2D eigenvalue weighted by Crippen LogP contribution is 2.33. The van der Waals surface area contributed by atoms with Crippen LogP contribution in [0.2, 0.25) is 0 Å². The Bertz CT molecular complexity index is 1310. The molecule has 1 aliphatic heterocycles. The van der Waals surface area contributed by atoms with E-state index < -0.39 is 0 Å². The molecule has 0 radical (unpaired) electrons. The SMILES string of the molecule is Cc1ccc2c(C)cc(=O)n(CCC3(NC=O)CCC(NCc4ccc5c(c4)OCCO5)CC3)c2c1. The van der Waals surface area contributed by atoms with E-state index in [1.54, 1.807) is 6.07 Å². The maximum absolute atomic E-state index is 12.9. The normalized spacial score (nSPS) is 21.3. The molecule has 0 bridgehead atoms. The van der Waals surface area contributed by atoms with Gasteiger partial charge >= 0.3 is 0 Å². The van der Waals surface area contributed by atoms with Crippen LogP contribution in [-0.2, 0) is 17.9 Å². The number of nitrogens with one attached hydrogen (secondary N) is 2. The third-order valence-electron chi connectivity index (χ3n) is 7.80. The van der Waals surface area contributed by atoms with E-state index in [2.05, 4.69) is 34.9 Å². The summed E-state index contributed by atoms with van der Waals surface area (Å²) in [6.07, 6.45) is 5.24. The van der Waals surface area contributed by atoms with Crippen molar-refractivity contribution in [2.45, 2.75) is 70.6 Å². The topological polar surface area (TPSA) is 81.6 Å². The monoisotopic (exact) mass is 489 g/mol. The molecule has 0 saturated heterocycles. The lowest BCUT2D eigenvalue weighted by molar-refractivity contribution is -0.111. The highest BCUT2D eigenvalue weighted by molar-refractivity contribution is 5.83. The van der Waals surface area contributed by atoms with Crippen LogP contribution in [0.1, 0.15) is 48.8 Å². The molecule has 36 heavy (non-hydrogen) atoms. The summed E-state index contributed by atoms with van der Waals surface area (Å²) in [4.78, 5) is 24.5. The number of nitrogens with zero attached hydrogens (tertiary/aromatic N) is 1. The molecule has 5 rings (SSSR count). The minimum atomic E-state index is -0.294. The first-order chi connectivity index (χ1) is 17.5. The predicted octanol–water partition coefficient (Wildman–Crippen LogP) is 4.00. The Labute approximate surface area is 211 Å². The van der Waals surface area contributed by atoms with Gasteiger partial charge in [-0.1, -0.05) is 18.2 Å². The number of benzene rings is 2. The summed E-state index contributed by atoms with van der Waals surface area (Å²) in [5, 5.41) is 7.91. The fourth-order valence-corrected chi connectivity index (χ4v) is 5.64. The summed E-state index contributed by atoms with van der Waals surface area (Å²) in [5.41, 5.74) is 3.99. The molecular formula is C29H35N3O4. The van der Waals surface area contributed by atoms with Crippen molar-refractivity contribution in [2.24, 2.45) is 0 Å². The van der Waals surface area contributed by atoms with Gasteiger partial charge in [-0.25, -0.2) is 0 Å². The van der Waals surface area contributed by atoms with E-state index in [1.165, 1.54) is 5.56 Å². The number of fused-ring (bicyclic) bond motifs is 2. The van der Waals surface area contributed by atoms with E-state index in [0.717, 1.165) is 78.6 Å². The molecule has 190 valence electrons. The molecule has 2 heterocycles. The van der Waals surface area contributed by atoms with E-state index in [-0.39, 0.29) is 11.1 Å². The fourth-order valence-electron chi connectivity index (χ4n) is 5.64. The van der Waals surface area contributed by atoms with Crippen LogP contribution in [0.15, 0.2) is 47.3 Å². The molecule has 1 fully saturated rings. The molecule has 2 aromatic carbocycles. The molecule has 1 aromatic heterocycles. The Morgan fingerprint density at radius 1 is 1.03 bits per heavy atom. The number of hydrogen-bond acceptors (Lipinski definition) is 5. The summed E-state index contributed by atoms with van der Waals surface area (Å²) in [5.74, 6) is 1.62. The lowest BCUT2D eigenvalue weighted by atomic mass is 9.77. The van der Waals surface area contributed by atoms with Gasteiger partial charge in [-0.2, -0.15) is 0 Å². The van der Waals surface area contributed by atoms with Crippen LogP contribution < -0.4 is 25.7 Å². The zero-order valence-electron chi connectivity index (χ0n) is 21.1. The van der Waals surface area contributed by atoms with Crippen LogP contribution in [0.25, 0.3) is 10.9 Å². The molecule has 0 unspecified atom stereocenters. The summed E-state index contributed by atoms with van der Waals surface area (Å²) in [7, 11) is 0. The van der Waals surface area contributed by atoms with Crippen molar-refractivity contribution in [3.63, 3.8) is 0 Å². The lowest BCUT2D eigenvalue weighted by Crippen LogP contribution is -2.51. The van der Waals surface area contributed by atoms with Crippen LogP contribution in [0.4, 0.5) is 0 Å². The second kappa shape index (κ2) is 10.3. The quantitative estimate of drug-likeness (QED) is 0.468. The molecule has 1 saturated carbocycles. The second-order valence-corrected chi connectivity index (χ2v) is 10.3. The number of aromatic nitrogens is 1. The molecule has 1 amide bonds. The number of aryl methyl sites for hydroxylation is 3. The van der Waals surface area contributed by atoms with E-state index in [9.17, 15) is 9.59 Å². The minimum absolute atomic E-state index is 0.0154. The summed E-state index contributed by atoms with van der Waals surface area (Å²) in [6, 6.07) is 14.5. The van der Waals surface area contributed by atoms with Gasteiger partial charge in [-0.05, 0) is 80.8 Å². The first-order valence-corrected chi connectivity index (χ1v) is 12.9. The van der Waals surface area contributed by atoms with Crippen molar-refractivity contribution >= 4 is 17.3 Å². The molecule has 3 aromatic rings. The minimum Gasteiger partial charge on any atom is -0.486 e. The molecule has 2 aliphatic rings. The predicted molar refractivity (Wildman–Crippen MR) is 141 cm³/mol. The number of rotatable bonds is 8. The van der Waals surface area contributed by atoms with Crippen molar-refractivity contribution in [3.8, 4) is 11.5 Å². The molecule has 0 spiro atoms. The molecular weight excluding hydrogens is 454 g/mol. The van der Waals surface area contributed by atoms with Crippen molar-refractivity contribution in [3.05, 3.63) is 69.5 Å². The number of amides is 1. The van der Waals surface area contributed by atoms with Gasteiger partial charge in [0.25, 0.3) is 5.56 Å². The summed E-state index contributed by atoms with van der Waals surface area (Å²) < 4.78 is 13.2. The van der Waals surface area contributed by atoms with Crippen molar-refractivity contribution in [1.29, 1.82) is 0 Å². The summed E-state index contributed by atoms with van der Waals surface area (Å²) in [6.45, 7) is 6.55. The highest BCUT2D eigenvalue weighted by Gasteiger charge is 2.35. The van der Waals surface area contributed by atoms with Gasteiger partial charge in [-0.15, -0.1) is 0 Å². The van der Waals surface area contributed by atoms with Gasteiger partial charge in [0.15, 0.2) is 11.5 Å². The van der Waals surface area contributed by atoms with Crippen molar-refractivity contribution in [1.82, 2.24) is 15.2 Å². The molecule has 0 atom stereocenters. The number of ether oxygens (including phenoxy) is 2. The second-order valence-electron chi connectivity index (χ2n) is 10.3. The van der Waals surface area contributed by atoms with Crippen LogP contribution in [0.3, 0.4) is 0 Å². The van der Waals surface area contributed by atoms with Crippen molar-refractivity contribution in [2.75, 3.05) is 13.2 Å². The third kappa shape index (κ3) is 5.12. The largest absolute Gasteiger partial charge is 0.486 e. The molecule has 2 N–H and O–H groups in total. The number of carbonyl (C=O) groups is 1. The third-order valence-corrected chi connectivity index (χ3v) is 7.80.